The number of halogens is 2. The molecular weight excluding hydrogens is 422 g/mol. The second-order valence-corrected chi connectivity index (χ2v) is 6.77. The second kappa shape index (κ2) is 10.0. The molecule has 2 aromatic rings. The maximum absolute atomic E-state index is 11.9. The number of benzene rings is 2. The summed E-state index contributed by atoms with van der Waals surface area (Å²) in [5.41, 5.74) is 1.63. The van der Waals surface area contributed by atoms with Crippen LogP contribution in [0.3, 0.4) is 0 Å². The summed E-state index contributed by atoms with van der Waals surface area (Å²) in [5, 5.41) is 8.49. The number of rotatable bonds is 7. The lowest BCUT2D eigenvalue weighted by molar-refractivity contribution is -0.115. The molecule has 2 aromatic carbocycles. The van der Waals surface area contributed by atoms with Gasteiger partial charge in [0.15, 0.2) is 0 Å². The lowest BCUT2D eigenvalue weighted by Crippen LogP contribution is -2.41. The smallest absolute Gasteiger partial charge is 0.315 e. The fraction of sp³-hybridized carbons (Fsp3) is 0.222. The van der Waals surface area contributed by atoms with Gasteiger partial charge >= 0.3 is 6.03 Å². The highest BCUT2D eigenvalue weighted by Gasteiger charge is 2.07. The van der Waals surface area contributed by atoms with Crippen LogP contribution in [0.15, 0.2) is 46.9 Å². The largest absolute Gasteiger partial charge is 0.492 e. The van der Waals surface area contributed by atoms with E-state index in [4.69, 9.17) is 16.3 Å². The van der Waals surface area contributed by atoms with Crippen LogP contribution in [0.5, 0.6) is 5.75 Å². The molecule has 6 nitrogen and oxygen atoms in total. The van der Waals surface area contributed by atoms with E-state index in [1.807, 2.05) is 19.1 Å². The van der Waals surface area contributed by atoms with E-state index >= 15 is 0 Å². The quantitative estimate of drug-likeness (QED) is 0.574. The van der Waals surface area contributed by atoms with Crippen molar-refractivity contribution in [3.8, 4) is 5.75 Å². The maximum Gasteiger partial charge on any atom is 0.315 e. The third-order valence-electron chi connectivity index (χ3n) is 3.34. The van der Waals surface area contributed by atoms with E-state index < -0.39 is 6.03 Å². The number of urea groups is 1. The fourth-order valence-electron chi connectivity index (χ4n) is 2.05. The molecule has 0 saturated carbocycles. The average Bonchev–Trinajstić information content (AvgIpc) is 2.61. The average molecular weight is 441 g/mol. The van der Waals surface area contributed by atoms with Gasteiger partial charge in [0.25, 0.3) is 0 Å². The van der Waals surface area contributed by atoms with Crippen LogP contribution in [0.1, 0.15) is 5.56 Å². The van der Waals surface area contributed by atoms with Gasteiger partial charge in [-0.3, -0.25) is 4.79 Å². The van der Waals surface area contributed by atoms with Gasteiger partial charge in [-0.15, -0.1) is 0 Å². The minimum Gasteiger partial charge on any atom is -0.492 e. The Balaban J connectivity index is 1.63. The zero-order valence-corrected chi connectivity index (χ0v) is 16.5. The number of amides is 3. The monoisotopic (exact) mass is 439 g/mol. The predicted octanol–water partition coefficient (Wildman–Crippen LogP) is 3.73. The first kappa shape index (κ1) is 20.1. The van der Waals surface area contributed by atoms with Crippen molar-refractivity contribution in [3.05, 3.63) is 57.5 Å². The minimum absolute atomic E-state index is 0.126. The van der Waals surface area contributed by atoms with Crippen LogP contribution in [0.4, 0.5) is 10.5 Å². The number of hydrogen-bond donors (Lipinski definition) is 3. The molecule has 26 heavy (non-hydrogen) atoms. The molecule has 0 aliphatic carbocycles. The zero-order valence-electron chi connectivity index (χ0n) is 14.1. The molecule has 0 saturated heterocycles. The van der Waals surface area contributed by atoms with Crippen molar-refractivity contribution in [2.24, 2.45) is 0 Å². The lowest BCUT2D eigenvalue weighted by atomic mass is 10.2. The molecule has 0 spiro atoms. The molecule has 8 heteroatoms. The highest BCUT2D eigenvalue weighted by atomic mass is 79.9. The maximum atomic E-state index is 11.9. The molecule has 3 amide bonds. The summed E-state index contributed by atoms with van der Waals surface area (Å²) < 4.78 is 6.39. The van der Waals surface area contributed by atoms with Gasteiger partial charge in [-0.25, -0.2) is 4.79 Å². The van der Waals surface area contributed by atoms with E-state index in [1.165, 1.54) is 0 Å². The molecule has 2 rings (SSSR count). The Hall–Kier alpha value is -2.25. The van der Waals surface area contributed by atoms with Gasteiger partial charge in [0.05, 0.1) is 13.1 Å². The number of carbonyl (C=O) groups excluding carboxylic acids is 2. The number of hydrogen-bond acceptors (Lipinski definition) is 3. The van der Waals surface area contributed by atoms with Crippen LogP contribution in [0, 0.1) is 6.92 Å². The molecule has 0 fully saturated rings. The summed E-state index contributed by atoms with van der Waals surface area (Å²) in [4.78, 5) is 23.6. The van der Waals surface area contributed by atoms with Gasteiger partial charge in [-0.1, -0.05) is 27.5 Å². The summed E-state index contributed by atoms with van der Waals surface area (Å²) >= 11 is 9.15. The van der Waals surface area contributed by atoms with Crippen LogP contribution >= 0.6 is 27.5 Å². The minimum atomic E-state index is -0.438. The fourth-order valence-corrected chi connectivity index (χ4v) is 2.65. The Labute approximate surface area is 165 Å². The van der Waals surface area contributed by atoms with Gasteiger partial charge < -0.3 is 20.7 Å². The molecule has 0 aliphatic rings. The van der Waals surface area contributed by atoms with Crippen LogP contribution in [-0.2, 0) is 4.79 Å². The van der Waals surface area contributed by atoms with Crippen molar-refractivity contribution >= 4 is 45.2 Å². The first-order valence-electron chi connectivity index (χ1n) is 7.90. The van der Waals surface area contributed by atoms with Crippen molar-refractivity contribution < 1.29 is 14.3 Å². The van der Waals surface area contributed by atoms with Gasteiger partial charge in [0, 0.05) is 15.2 Å². The molecular formula is C18H19BrClN3O3. The van der Waals surface area contributed by atoms with Gasteiger partial charge in [0.1, 0.15) is 12.4 Å². The zero-order chi connectivity index (χ0) is 18.9. The van der Waals surface area contributed by atoms with E-state index in [0.717, 1.165) is 10.0 Å². The Morgan fingerprint density at radius 2 is 1.85 bits per heavy atom. The molecule has 3 N–H and O–H groups in total. The van der Waals surface area contributed by atoms with Gasteiger partial charge in [0.2, 0.25) is 5.91 Å². The normalized spacial score (nSPS) is 10.1. The van der Waals surface area contributed by atoms with Crippen molar-refractivity contribution in [1.82, 2.24) is 10.6 Å². The van der Waals surface area contributed by atoms with Crippen LogP contribution in [0.25, 0.3) is 0 Å². The van der Waals surface area contributed by atoms with Crippen molar-refractivity contribution in [2.45, 2.75) is 6.92 Å². The summed E-state index contributed by atoms with van der Waals surface area (Å²) in [6.45, 7) is 2.38. The number of carbonyl (C=O) groups is 2. The lowest BCUT2D eigenvalue weighted by Gasteiger charge is -2.11. The van der Waals surface area contributed by atoms with Crippen molar-refractivity contribution in [1.29, 1.82) is 0 Å². The first-order valence-corrected chi connectivity index (χ1v) is 9.07. The molecule has 0 aromatic heterocycles. The molecule has 0 radical (unpaired) electrons. The highest BCUT2D eigenvalue weighted by Crippen LogP contribution is 2.19. The van der Waals surface area contributed by atoms with Crippen molar-refractivity contribution in [3.63, 3.8) is 0 Å². The van der Waals surface area contributed by atoms with Gasteiger partial charge in [-0.2, -0.15) is 0 Å². The summed E-state index contributed by atoms with van der Waals surface area (Å²) in [7, 11) is 0. The molecule has 0 bridgehead atoms. The molecule has 138 valence electrons. The first-order chi connectivity index (χ1) is 12.4. The van der Waals surface area contributed by atoms with Crippen LogP contribution < -0.4 is 20.7 Å². The van der Waals surface area contributed by atoms with E-state index in [2.05, 4.69) is 31.9 Å². The standard InChI is InChI=1S/C18H19BrClN3O3/c1-12-10-13(19)2-7-16(12)23-17(24)11-22-18(25)21-8-9-26-15-5-3-14(20)4-6-15/h2-7,10H,8-9,11H2,1H3,(H,23,24)(H2,21,22,25). The Morgan fingerprint density at radius 3 is 2.54 bits per heavy atom. The summed E-state index contributed by atoms with van der Waals surface area (Å²) in [6.07, 6.45) is 0. The number of ether oxygens (including phenoxy) is 1. The topological polar surface area (TPSA) is 79.5 Å². The summed E-state index contributed by atoms with van der Waals surface area (Å²) in [5.74, 6) is 0.365. The predicted molar refractivity (Wildman–Crippen MR) is 106 cm³/mol. The molecule has 0 aliphatic heterocycles. The summed E-state index contributed by atoms with van der Waals surface area (Å²) in [6, 6.07) is 12.0. The van der Waals surface area contributed by atoms with Crippen molar-refractivity contribution in [2.75, 3.05) is 25.0 Å². The Kier molecular flexibility index (Phi) is 7.74. The Morgan fingerprint density at radius 1 is 1.12 bits per heavy atom. The van der Waals surface area contributed by atoms with Crippen LogP contribution in [0.2, 0.25) is 5.02 Å². The number of aryl methyl sites for hydroxylation is 1. The van der Waals surface area contributed by atoms with E-state index in [0.29, 0.717) is 29.6 Å². The SMILES string of the molecule is Cc1cc(Br)ccc1NC(=O)CNC(=O)NCCOc1ccc(Cl)cc1. The third kappa shape index (κ3) is 6.93. The van der Waals surface area contributed by atoms with Crippen LogP contribution in [-0.4, -0.2) is 31.6 Å². The van der Waals surface area contributed by atoms with Gasteiger partial charge in [-0.05, 0) is 55.0 Å². The highest BCUT2D eigenvalue weighted by molar-refractivity contribution is 9.10. The molecule has 0 heterocycles. The Bertz CT molecular complexity index is 769. The van der Waals surface area contributed by atoms with E-state index in [9.17, 15) is 9.59 Å². The second-order valence-electron chi connectivity index (χ2n) is 5.42. The number of nitrogens with one attached hydrogen (secondary N) is 3. The third-order valence-corrected chi connectivity index (χ3v) is 4.09. The molecule has 0 unspecified atom stereocenters. The molecule has 0 atom stereocenters. The van der Waals surface area contributed by atoms with E-state index in [1.54, 1.807) is 30.3 Å². The number of anilines is 1. The van der Waals surface area contributed by atoms with E-state index in [-0.39, 0.29) is 12.5 Å².